The molecule has 0 saturated carbocycles. The van der Waals surface area contributed by atoms with Crippen molar-refractivity contribution >= 4 is 30.7 Å². The minimum Gasteiger partial charge on any atom is -0.379 e. The van der Waals surface area contributed by atoms with Gasteiger partial charge in [0.2, 0.25) is 5.91 Å². The Kier molecular flexibility index (Phi) is 8.12. The number of carbonyl (C=O) groups excluding carboxylic acids is 1. The molecular formula is C18H28Cl2N4O3. The van der Waals surface area contributed by atoms with E-state index >= 15 is 0 Å². The summed E-state index contributed by atoms with van der Waals surface area (Å²) in [5.74, 6) is 0.807. The highest BCUT2D eigenvalue weighted by Gasteiger charge is 2.37. The molecule has 3 aliphatic heterocycles. The predicted molar refractivity (Wildman–Crippen MR) is 108 cm³/mol. The Morgan fingerprint density at radius 3 is 2.78 bits per heavy atom. The average Bonchev–Trinajstić information content (AvgIpc) is 2.63. The Bertz CT molecular complexity index is 693. The number of nitrogens with zero attached hydrogens (tertiary/aromatic N) is 2. The first-order chi connectivity index (χ1) is 12.2. The monoisotopic (exact) mass is 418 g/mol. The lowest BCUT2D eigenvalue weighted by atomic mass is 9.79. The van der Waals surface area contributed by atoms with Gasteiger partial charge >= 0.3 is 0 Å². The number of carbonyl (C=O) groups is 1. The van der Waals surface area contributed by atoms with Gasteiger partial charge in [-0.3, -0.25) is 14.5 Å². The highest BCUT2D eigenvalue weighted by molar-refractivity contribution is 5.85. The first-order valence-electron chi connectivity index (χ1n) is 9.21. The summed E-state index contributed by atoms with van der Waals surface area (Å²) in [7, 11) is 0. The van der Waals surface area contributed by atoms with Gasteiger partial charge in [-0.05, 0) is 18.4 Å². The molecule has 7 nitrogen and oxygen atoms in total. The zero-order valence-corrected chi connectivity index (χ0v) is 16.9. The number of amides is 1. The number of halogens is 2. The van der Waals surface area contributed by atoms with E-state index in [-0.39, 0.29) is 42.3 Å². The lowest BCUT2D eigenvalue weighted by molar-refractivity contribution is -0.123. The molecule has 0 spiro atoms. The van der Waals surface area contributed by atoms with E-state index in [0.29, 0.717) is 38.1 Å². The van der Waals surface area contributed by atoms with Crippen molar-refractivity contribution in [3.63, 3.8) is 0 Å². The number of morpholine rings is 1. The molecule has 0 aromatic carbocycles. The standard InChI is InChI=1S/C18H26N4O3.2ClH/c23-17(12-21-4-6-25-7-5-21)20-11-16-14-8-13(9-19-10-14)15-2-1-3-18(24)22(15)16;;/h1-3,13-14,16,19H,4-12H2,(H,20,23);2*1H/t13-,14+,16+;;/m1../s1. The van der Waals surface area contributed by atoms with Crippen LogP contribution in [0.15, 0.2) is 23.0 Å². The van der Waals surface area contributed by atoms with Crippen LogP contribution < -0.4 is 16.2 Å². The molecule has 2 fully saturated rings. The maximum atomic E-state index is 12.5. The van der Waals surface area contributed by atoms with Crippen LogP contribution in [-0.4, -0.2) is 67.9 Å². The lowest BCUT2D eigenvalue weighted by Gasteiger charge is -2.43. The quantitative estimate of drug-likeness (QED) is 0.739. The molecule has 27 heavy (non-hydrogen) atoms. The molecule has 2 bridgehead atoms. The maximum Gasteiger partial charge on any atom is 0.251 e. The summed E-state index contributed by atoms with van der Waals surface area (Å²) in [4.78, 5) is 26.9. The summed E-state index contributed by atoms with van der Waals surface area (Å²) >= 11 is 0. The van der Waals surface area contributed by atoms with Gasteiger partial charge in [-0.25, -0.2) is 0 Å². The third kappa shape index (κ3) is 4.84. The van der Waals surface area contributed by atoms with E-state index in [1.54, 1.807) is 6.07 Å². The number of aromatic nitrogens is 1. The lowest BCUT2D eigenvalue weighted by Crippen LogP contribution is -2.51. The van der Waals surface area contributed by atoms with Crippen molar-refractivity contribution < 1.29 is 9.53 Å². The molecule has 1 aromatic rings. The second-order valence-corrected chi connectivity index (χ2v) is 7.27. The van der Waals surface area contributed by atoms with Crippen LogP contribution in [0.4, 0.5) is 0 Å². The van der Waals surface area contributed by atoms with Crippen LogP contribution in [0.3, 0.4) is 0 Å². The third-order valence-corrected chi connectivity index (χ3v) is 5.68. The van der Waals surface area contributed by atoms with Crippen molar-refractivity contribution in [1.29, 1.82) is 0 Å². The Morgan fingerprint density at radius 1 is 1.22 bits per heavy atom. The summed E-state index contributed by atoms with van der Waals surface area (Å²) in [6.07, 6.45) is 1.08. The number of nitrogens with one attached hydrogen (secondary N) is 2. The normalized spacial score (nSPS) is 26.9. The van der Waals surface area contributed by atoms with Gasteiger partial charge in [0, 0.05) is 50.4 Å². The number of piperidine rings is 1. The summed E-state index contributed by atoms with van der Waals surface area (Å²) in [6.45, 7) is 5.72. The number of hydrogen-bond donors (Lipinski definition) is 2. The van der Waals surface area contributed by atoms with E-state index in [0.717, 1.165) is 38.3 Å². The Morgan fingerprint density at radius 2 is 2.00 bits per heavy atom. The zero-order chi connectivity index (χ0) is 17.2. The van der Waals surface area contributed by atoms with Crippen LogP contribution in [0.25, 0.3) is 0 Å². The summed E-state index contributed by atoms with van der Waals surface area (Å²) in [5, 5.41) is 6.54. The Labute approximate surface area is 171 Å². The highest BCUT2D eigenvalue weighted by Crippen LogP contribution is 2.37. The van der Waals surface area contributed by atoms with Gasteiger partial charge in [-0.1, -0.05) is 6.07 Å². The molecule has 1 amide bonds. The number of ether oxygens (including phenoxy) is 1. The van der Waals surface area contributed by atoms with Crippen LogP contribution in [0.2, 0.25) is 0 Å². The molecule has 0 unspecified atom stereocenters. The van der Waals surface area contributed by atoms with E-state index < -0.39 is 0 Å². The van der Waals surface area contributed by atoms with Gasteiger partial charge in [-0.15, -0.1) is 24.8 Å². The first-order valence-corrected chi connectivity index (χ1v) is 9.21. The Hall–Kier alpha value is -1.12. The smallest absolute Gasteiger partial charge is 0.251 e. The van der Waals surface area contributed by atoms with Crippen LogP contribution in [-0.2, 0) is 9.53 Å². The van der Waals surface area contributed by atoms with Crippen molar-refractivity contribution in [2.45, 2.75) is 18.4 Å². The fourth-order valence-electron chi connectivity index (χ4n) is 4.40. The van der Waals surface area contributed by atoms with Gasteiger partial charge in [-0.2, -0.15) is 0 Å². The highest BCUT2D eigenvalue weighted by atomic mass is 35.5. The van der Waals surface area contributed by atoms with Crippen LogP contribution in [0.5, 0.6) is 0 Å². The molecule has 2 saturated heterocycles. The molecule has 1 aromatic heterocycles. The second kappa shape index (κ2) is 9.89. The molecular weight excluding hydrogens is 391 g/mol. The number of fused-ring (bicyclic) bond motifs is 4. The fraction of sp³-hybridized carbons (Fsp3) is 0.667. The van der Waals surface area contributed by atoms with Gasteiger partial charge in [0.1, 0.15) is 0 Å². The van der Waals surface area contributed by atoms with E-state index in [2.05, 4.69) is 21.6 Å². The topological polar surface area (TPSA) is 75.6 Å². The molecule has 152 valence electrons. The van der Waals surface area contributed by atoms with E-state index in [1.165, 1.54) is 0 Å². The van der Waals surface area contributed by atoms with Crippen LogP contribution >= 0.6 is 24.8 Å². The van der Waals surface area contributed by atoms with Crippen molar-refractivity contribution in [3.05, 3.63) is 34.2 Å². The van der Waals surface area contributed by atoms with Crippen LogP contribution in [0.1, 0.15) is 24.1 Å². The van der Waals surface area contributed by atoms with Crippen LogP contribution in [0, 0.1) is 5.92 Å². The summed E-state index contributed by atoms with van der Waals surface area (Å²) < 4.78 is 7.24. The van der Waals surface area contributed by atoms with Crippen molar-refractivity contribution in [3.8, 4) is 0 Å². The minimum atomic E-state index is 0. The zero-order valence-electron chi connectivity index (χ0n) is 15.3. The summed E-state index contributed by atoms with van der Waals surface area (Å²) in [6, 6.07) is 5.55. The number of hydrogen-bond acceptors (Lipinski definition) is 5. The van der Waals surface area contributed by atoms with E-state index in [9.17, 15) is 9.59 Å². The third-order valence-electron chi connectivity index (χ3n) is 5.68. The molecule has 3 atom stereocenters. The maximum absolute atomic E-state index is 12.5. The van der Waals surface area contributed by atoms with Crippen molar-refractivity contribution in [2.24, 2.45) is 5.92 Å². The molecule has 0 aliphatic carbocycles. The van der Waals surface area contributed by atoms with E-state index in [1.807, 2.05) is 10.6 Å². The molecule has 4 rings (SSSR count). The first kappa shape index (κ1) is 22.2. The minimum absolute atomic E-state index is 0. The SMILES string of the molecule is Cl.Cl.O=C(CN1CCOCC1)NC[C@H]1[C@@H]2CNC[C@@H](C2)c2cccc(=O)n21. The molecule has 3 aliphatic rings. The van der Waals surface area contributed by atoms with Gasteiger partial charge in [0.15, 0.2) is 0 Å². The molecule has 4 heterocycles. The fourth-order valence-corrected chi connectivity index (χ4v) is 4.40. The van der Waals surface area contributed by atoms with Gasteiger partial charge in [0.25, 0.3) is 5.56 Å². The van der Waals surface area contributed by atoms with Gasteiger partial charge < -0.3 is 19.9 Å². The van der Waals surface area contributed by atoms with Crippen molar-refractivity contribution in [2.75, 3.05) is 52.5 Å². The second-order valence-electron chi connectivity index (χ2n) is 7.27. The number of rotatable bonds is 4. The number of pyridine rings is 1. The predicted octanol–water partition coefficient (Wildman–Crippen LogP) is 0.388. The summed E-state index contributed by atoms with van der Waals surface area (Å²) in [5.41, 5.74) is 1.14. The van der Waals surface area contributed by atoms with Gasteiger partial charge in [0.05, 0.1) is 25.8 Å². The molecule has 9 heteroatoms. The average molecular weight is 419 g/mol. The molecule has 2 N–H and O–H groups in total. The van der Waals surface area contributed by atoms with E-state index in [4.69, 9.17) is 4.74 Å². The largest absolute Gasteiger partial charge is 0.379 e. The molecule has 0 radical (unpaired) electrons. The van der Waals surface area contributed by atoms with Crippen molar-refractivity contribution in [1.82, 2.24) is 20.1 Å². The Balaban J connectivity index is 0.00000131.